The van der Waals surface area contributed by atoms with Crippen molar-refractivity contribution in [3.63, 3.8) is 0 Å². The van der Waals surface area contributed by atoms with Gasteiger partial charge < -0.3 is 5.73 Å². The molecule has 2 aromatic rings. The predicted molar refractivity (Wildman–Crippen MR) is 69.1 cm³/mol. The Morgan fingerprint density at radius 3 is 3.00 bits per heavy atom. The molecule has 0 unspecified atom stereocenters. The Bertz CT molecular complexity index is 605. The zero-order valence-corrected chi connectivity index (χ0v) is 10.3. The highest BCUT2D eigenvalue weighted by Crippen LogP contribution is 2.03. The van der Waals surface area contributed by atoms with Crippen molar-refractivity contribution in [1.29, 1.82) is 0 Å². The molecule has 0 bridgehead atoms. The lowest BCUT2D eigenvalue weighted by molar-refractivity contribution is -0.121. The van der Waals surface area contributed by atoms with Gasteiger partial charge in [0.05, 0.1) is 6.21 Å². The number of nitrogen functional groups attached to an aromatic ring is 1. The first kappa shape index (κ1) is 12.7. The molecule has 8 nitrogen and oxygen atoms in total. The Morgan fingerprint density at radius 1 is 1.53 bits per heavy atom. The van der Waals surface area contributed by atoms with Crippen molar-refractivity contribution in [2.75, 3.05) is 5.73 Å². The zero-order chi connectivity index (χ0) is 13.7. The molecule has 0 fully saturated rings. The Hall–Kier alpha value is -2.77. The molecule has 1 amide bonds. The standard InChI is InChI=1S/C11H13N7O/c1-8-4-2-3-5-9(8)6-13-14-10(19)7-18-11(12)15-16-17-18/h2-6H,7H2,1H3,(H,14,19)(H2,12,15,17). The van der Waals surface area contributed by atoms with Gasteiger partial charge in [-0.2, -0.15) is 5.10 Å². The molecule has 8 heteroatoms. The molecule has 19 heavy (non-hydrogen) atoms. The molecule has 0 saturated carbocycles. The van der Waals surface area contributed by atoms with Gasteiger partial charge in [-0.25, -0.2) is 10.1 Å². The van der Waals surface area contributed by atoms with Crippen LogP contribution in [0.5, 0.6) is 0 Å². The highest BCUT2D eigenvalue weighted by atomic mass is 16.2. The summed E-state index contributed by atoms with van der Waals surface area (Å²) >= 11 is 0. The van der Waals surface area contributed by atoms with E-state index in [-0.39, 0.29) is 18.4 Å². The van der Waals surface area contributed by atoms with E-state index in [1.54, 1.807) is 6.21 Å². The van der Waals surface area contributed by atoms with E-state index in [0.29, 0.717) is 0 Å². The van der Waals surface area contributed by atoms with E-state index in [0.717, 1.165) is 11.1 Å². The molecule has 0 saturated heterocycles. The van der Waals surface area contributed by atoms with Gasteiger partial charge in [-0.15, -0.1) is 0 Å². The van der Waals surface area contributed by atoms with Crippen LogP contribution in [0.25, 0.3) is 0 Å². The van der Waals surface area contributed by atoms with Crippen LogP contribution < -0.4 is 11.2 Å². The number of carbonyl (C=O) groups excluding carboxylic acids is 1. The molecular weight excluding hydrogens is 246 g/mol. The summed E-state index contributed by atoms with van der Waals surface area (Å²) in [6, 6.07) is 7.71. The topological polar surface area (TPSA) is 111 Å². The van der Waals surface area contributed by atoms with Crippen LogP contribution in [0.3, 0.4) is 0 Å². The van der Waals surface area contributed by atoms with Gasteiger partial charge >= 0.3 is 0 Å². The number of carbonyl (C=O) groups is 1. The minimum absolute atomic E-state index is 0.0794. The van der Waals surface area contributed by atoms with Crippen molar-refractivity contribution in [2.24, 2.45) is 5.10 Å². The summed E-state index contributed by atoms with van der Waals surface area (Å²) < 4.78 is 1.18. The average Bonchev–Trinajstić information content (AvgIpc) is 2.77. The number of anilines is 1. The molecule has 2 rings (SSSR count). The molecule has 1 heterocycles. The van der Waals surface area contributed by atoms with Gasteiger partial charge in [0.2, 0.25) is 5.95 Å². The van der Waals surface area contributed by atoms with Gasteiger partial charge in [-0.05, 0) is 28.5 Å². The minimum Gasteiger partial charge on any atom is -0.367 e. The monoisotopic (exact) mass is 259 g/mol. The second-order valence-corrected chi connectivity index (χ2v) is 3.84. The molecule has 0 atom stereocenters. The van der Waals surface area contributed by atoms with E-state index in [1.165, 1.54) is 4.68 Å². The number of hydrogen-bond donors (Lipinski definition) is 2. The molecule has 98 valence electrons. The molecule has 1 aromatic carbocycles. The SMILES string of the molecule is Cc1ccccc1C=NNC(=O)Cn1nnnc1N. The Labute approximate surface area is 109 Å². The van der Waals surface area contributed by atoms with Gasteiger partial charge in [0.1, 0.15) is 6.54 Å². The lowest BCUT2D eigenvalue weighted by Crippen LogP contribution is -2.24. The molecule has 0 aliphatic rings. The highest BCUT2D eigenvalue weighted by molar-refractivity contribution is 5.83. The molecule has 0 aliphatic heterocycles. The second kappa shape index (κ2) is 5.71. The van der Waals surface area contributed by atoms with E-state index in [2.05, 4.69) is 26.1 Å². The van der Waals surface area contributed by atoms with Crippen LogP contribution in [0.1, 0.15) is 11.1 Å². The Morgan fingerprint density at radius 2 is 2.32 bits per heavy atom. The fourth-order valence-corrected chi connectivity index (χ4v) is 1.40. The van der Waals surface area contributed by atoms with Crippen LogP contribution in [-0.4, -0.2) is 32.3 Å². The number of nitrogens with two attached hydrogens (primary N) is 1. The number of nitrogens with zero attached hydrogens (tertiary/aromatic N) is 5. The van der Waals surface area contributed by atoms with Crippen molar-refractivity contribution in [1.82, 2.24) is 25.6 Å². The van der Waals surface area contributed by atoms with Crippen LogP contribution in [0, 0.1) is 6.92 Å². The summed E-state index contributed by atoms with van der Waals surface area (Å²) in [5, 5.41) is 14.2. The quantitative estimate of drug-likeness (QED) is 0.579. The zero-order valence-electron chi connectivity index (χ0n) is 10.3. The summed E-state index contributed by atoms with van der Waals surface area (Å²) in [4.78, 5) is 11.5. The van der Waals surface area contributed by atoms with Crippen LogP contribution in [0.15, 0.2) is 29.4 Å². The third kappa shape index (κ3) is 3.35. The fourth-order valence-electron chi connectivity index (χ4n) is 1.40. The van der Waals surface area contributed by atoms with Gasteiger partial charge in [-0.3, -0.25) is 4.79 Å². The van der Waals surface area contributed by atoms with Crippen molar-refractivity contribution in [3.8, 4) is 0 Å². The number of hydrogen-bond acceptors (Lipinski definition) is 6. The van der Waals surface area contributed by atoms with Crippen LogP contribution in [0.2, 0.25) is 0 Å². The van der Waals surface area contributed by atoms with Crippen LogP contribution >= 0.6 is 0 Å². The maximum absolute atomic E-state index is 11.5. The van der Waals surface area contributed by atoms with Gasteiger partial charge in [0, 0.05) is 0 Å². The summed E-state index contributed by atoms with van der Waals surface area (Å²) in [5.41, 5.74) is 9.83. The molecule has 0 spiro atoms. The number of hydrazone groups is 1. The van der Waals surface area contributed by atoms with Crippen molar-refractivity contribution >= 4 is 18.1 Å². The molecular formula is C11H13N7O. The van der Waals surface area contributed by atoms with Crippen LogP contribution in [0.4, 0.5) is 5.95 Å². The molecule has 0 aliphatic carbocycles. The lowest BCUT2D eigenvalue weighted by Gasteiger charge is -2.01. The number of aromatic nitrogens is 4. The fraction of sp³-hybridized carbons (Fsp3) is 0.182. The average molecular weight is 259 g/mol. The third-order valence-corrected chi connectivity index (χ3v) is 2.43. The number of aryl methyl sites for hydroxylation is 1. The third-order valence-electron chi connectivity index (χ3n) is 2.43. The largest absolute Gasteiger partial charge is 0.367 e. The summed E-state index contributed by atoms with van der Waals surface area (Å²) in [5.74, 6) is -0.276. The number of nitrogens with one attached hydrogen (secondary N) is 1. The first-order valence-corrected chi connectivity index (χ1v) is 5.56. The van der Waals surface area contributed by atoms with Gasteiger partial charge in [-0.1, -0.05) is 29.4 Å². The Balaban J connectivity index is 1.91. The maximum Gasteiger partial charge on any atom is 0.261 e. The number of amides is 1. The molecule has 1 aromatic heterocycles. The summed E-state index contributed by atoms with van der Waals surface area (Å²) in [6.07, 6.45) is 1.58. The predicted octanol–water partition coefficient (Wildman–Crippen LogP) is -0.286. The van der Waals surface area contributed by atoms with Crippen molar-refractivity contribution in [2.45, 2.75) is 13.5 Å². The lowest BCUT2D eigenvalue weighted by atomic mass is 10.1. The van der Waals surface area contributed by atoms with E-state index < -0.39 is 0 Å². The van der Waals surface area contributed by atoms with Gasteiger partial charge in [0.25, 0.3) is 5.91 Å². The minimum atomic E-state index is -0.358. The highest BCUT2D eigenvalue weighted by Gasteiger charge is 2.06. The van der Waals surface area contributed by atoms with Crippen LogP contribution in [-0.2, 0) is 11.3 Å². The second-order valence-electron chi connectivity index (χ2n) is 3.84. The number of benzene rings is 1. The molecule has 0 radical (unpaired) electrons. The summed E-state index contributed by atoms with van der Waals surface area (Å²) in [7, 11) is 0. The number of rotatable bonds is 4. The smallest absolute Gasteiger partial charge is 0.261 e. The van der Waals surface area contributed by atoms with E-state index in [4.69, 9.17) is 5.73 Å². The van der Waals surface area contributed by atoms with E-state index >= 15 is 0 Å². The summed E-state index contributed by atoms with van der Waals surface area (Å²) in [6.45, 7) is 1.88. The molecule has 3 N–H and O–H groups in total. The van der Waals surface area contributed by atoms with E-state index in [9.17, 15) is 4.79 Å². The first-order valence-electron chi connectivity index (χ1n) is 5.56. The Kier molecular flexibility index (Phi) is 3.81. The maximum atomic E-state index is 11.5. The van der Waals surface area contributed by atoms with Crippen molar-refractivity contribution < 1.29 is 4.79 Å². The number of tetrazole rings is 1. The van der Waals surface area contributed by atoms with E-state index in [1.807, 2.05) is 31.2 Å². The first-order chi connectivity index (χ1) is 9.16. The normalized spacial score (nSPS) is 10.8. The van der Waals surface area contributed by atoms with Gasteiger partial charge in [0.15, 0.2) is 0 Å². The van der Waals surface area contributed by atoms with Crippen molar-refractivity contribution in [3.05, 3.63) is 35.4 Å².